The van der Waals surface area contributed by atoms with Crippen LogP contribution in [0.1, 0.15) is 57.9 Å². The van der Waals surface area contributed by atoms with Crippen molar-refractivity contribution in [1.29, 1.82) is 0 Å². The Bertz CT molecular complexity index is 807. The third kappa shape index (κ3) is 3.98. The predicted octanol–water partition coefficient (Wildman–Crippen LogP) is 4.72. The Morgan fingerprint density at radius 3 is 2.63 bits per heavy atom. The average Bonchev–Trinajstić information content (AvgIpc) is 2.67. The number of Topliss-reactive ketones (excluding diaryl/α,β-unsaturated/α-hetero) is 1. The van der Waals surface area contributed by atoms with Crippen LogP contribution < -0.4 is 5.32 Å². The van der Waals surface area contributed by atoms with Gasteiger partial charge in [0, 0.05) is 34.2 Å². The standard InChI is InChI=1S/C22H27NO3S/c1-5-13(2)26-22(25)19-14(3)23-17-7-6-8-18(24)21(17)20(19)15-9-11-16(27-4)12-10-15/h9-13,20,23H,5-8H2,1-4H3/t13-,20-/m0/s1. The van der Waals surface area contributed by atoms with Crippen molar-refractivity contribution in [3.8, 4) is 0 Å². The number of nitrogens with one attached hydrogen (secondary N) is 1. The average molecular weight is 386 g/mol. The van der Waals surface area contributed by atoms with Crippen LogP contribution in [-0.2, 0) is 14.3 Å². The van der Waals surface area contributed by atoms with Gasteiger partial charge in [-0.15, -0.1) is 11.8 Å². The molecule has 2 atom stereocenters. The SMILES string of the molecule is CC[C@H](C)OC(=O)C1=C(C)NC2=C(C(=O)CCC2)[C@H]1c1ccc(SC)cc1. The fraction of sp³-hybridized carbons (Fsp3) is 0.455. The lowest BCUT2D eigenvalue weighted by atomic mass is 9.75. The number of hydrogen-bond acceptors (Lipinski definition) is 5. The molecule has 144 valence electrons. The Morgan fingerprint density at radius 1 is 1.30 bits per heavy atom. The third-order valence-corrected chi connectivity index (χ3v) is 6.07. The molecule has 1 aliphatic carbocycles. The quantitative estimate of drug-likeness (QED) is 0.587. The van der Waals surface area contributed by atoms with E-state index in [0.29, 0.717) is 12.0 Å². The maximum atomic E-state index is 13.0. The predicted molar refractivity (Wildman–Crippen MR) is 109 cm³/mol. The fourth-order valence-electron chi connectivity index (χ4n) is 3.71. The van der Waals surface area contributed by atoms with Crippen LogP contribution in [0.3, 0.4) is 0 Å². The normalized spacial score (nSPS) is 20.9. The number of allylic oxidation sites excluding steroid dienone is 3. The van der Waals surface area contributed by atoms with E-state index >= 15 is 0 Å². The molecule has 1 aromatic carbocycles. The summed E-state index contributed by atoms with van der Waals surface area (Å²) in [6.07, 6.45) is 4.85. The molecule has 0 radical (unpaired) electrons. The molecular formula is C22H27NO3S. The maximum absolute atomic E-state index is 13.0. The second-order valence-electron chi connectivity index (χ2n) is 7.16. The largest absolute Gasteiger partial charge is 0.459 e. The summed E-state index contributed by atoms with van der Waals surface area (Å²) in [6, 6.07) is 8.14. The summed E-state index contributed by atoms with van der Waals surface area (Å²) < 4.78 is 5.65. The van der Waals surface area contributed by atoms with Gasteiger partial charge in [0.2, 0.25) is 0 Å². The van der Waals surface area contributed by atoms with Gasteiger partial charge >= 0.3 is 5.97 Å². The number of rotatable bonds is 5. The lowest BCUT2D eigenvalue weighted by Gasteiger charge is -2.34. The molecule has 0 spiro atoms. The van der Waals surface area contributed by atoms with Crippen molar-refractivity contribution in [2.24, 2.45) is 0 Å². The highest BCUT2D eigenvalue weighted by Gasteiger charge is 2.39. The summed E-state index contributed by atoms with van der Waals surface area (Å²) in [7, 11) is 0. The van der Waals surface area contributed by atoms with Gasteiger partial charge in [-0.1, -0.05) is 19.1 Å². The van der Waals surface area contributed by atoms with Crippen molar-refractivity contribution in [2.75, 3.05) is 6.26 Å². The van der Waals surface area contributed by atoms with E-state index in [0.717, 1.165) is 46.7 Å². The van der Waals surface area contributed by atoms with Crippen LogP contribution >= 0.6 is 11.8 Å². The first-order valence-electron chi connectivity index (χ1n) is 9.55. The van der Waals surface area contributed by atoms with Crippen LogP contribution in [0, 0.1) is 0 Å². The van der Waals surface area contributed by atoms with Gasteiger partial charge in [-0.3, -0.25) is 4.79 Å². The van der Waals surface area contributed by atoms with Crippen LogP contribution in [0.15, 0.2) is 51.7 Å². The fourth-order valence-corrected chi connectivity index (χ4v) is 4.12. The number of thioether (sulfide) groups is 1. The van der Waals surface area contributed by atoms with Gasteiger partial charge in [-0.2, -0.15) is 0 Å². The van der Waals surface area contributed by atoms with E-state index in [1.165, 1.54) is 0 Å². The molecule has 1 heterocycles. The van der Waals surface area contributed by atoms with Crippen LogP contribution in [0.4, 0.5) is 0 Å². The van der Waals surface area contributed by atoms with E-state index in [1.54, 1.807) is 11.8 Å². The minimum Gasteiger partial charge on any atom is -0.459 e. The summed E-state index contributed by atoms with van der Waals surface area (Å²) in [4.78, 5) is 27.0. The molecule has 1 aliphatic heterocycles. The molecule has 4 nitrogen and oxygen atoms in total. The molecule has 2 aliphatic rings. The highest BCUT2D eigenvalue weighted by molar-refractivity contribution is 7.98. The van der Waals surface area contributed by atoms with E-state index in [9.17, 15) is 9.59 Å². The molecular weight excluding hydrogens is 358 g/mol. The Labute approximate surface area is 165 Å². The molecule has 27 heavy (non-hydrogen) atoms. The topological polar surface area (TPSA) is 55.4 Å². The van der Waals surface area contributed by atoms with Gasteiger partial charge in [-0.25, -0.2) is 4.79 Å². The second-order valence-corrected chi connectivity index (χ2v) is 8.04. The van der Waals surface area contributed by atoms with E-state index in [4.69, 9.17) is 4.74 Å². The van der Waals surface area contributed by atoms with Gasteiger partial charge in [-0.05, 0) is 57.1 Å². The van der Waals surface area contributed by atoms with E-state index in [-0.39, 0.29) is 23.8 Å². The lowest BCUT2D eigenvalue weighted by Crippen LogP contribution is -2.35. The molecule has 0 amide bonds. The van der Waals surface area contributed by atoms with E-state index in [2.05, 4.69) is 5.32 Å². The third-order valence-electron chi connectivity index (χ3n) is 5.33. The van der Waals surface area contributed by atoms with Crippen molar-refractivity contribution in [3.05, 3.63) is 52.4 Å². The van der Waals surface area contributed by atoms with Crippen LogP contribution in [0.5, 0.6) is 0 Å². The highest BCUT2D eigenvalue weighted by Crippen LogP contribution is 2.42. The molecule has 0 bridgehead atoms. The van der Waals surface area contributed by atoms with E-state index < -0.39 is 0 Å². The number of ketones is 1. The Balaban J connectivity index is 2.08. The van der Waals surface area contributed by atoms with Crippen LogP contribution in [-0.4, -0.2) is 24.1 Å². The number of carbonyl (C=O) groups excluding carboxylic acids is 2. The maximum Gasteiger partial charge on any atom is 0.337 e. The zero-order valence-corrected chi connectivity index (χ0v) is 17.2. The zero-order chi connectivity index (χ0) is 19.6. The molecule has 0 saturated heterocycles. The summed E-state index contributed by atoms with van der Waals surface area (Å²) in [5, 5.41) is 3.33. The first kappa shape index (κ1) is 19.7. The monoisotopic (exact) mass is 385 g/mol. The first-order chi connectivity index (χ1) is 13.0. The van der Waals surface area contributed by atoms with Gasteiger partial charge in [0.05, 0.1) is 11.7 Å². The summed E-state index contributed by atoms with van der Waals surface area (Å²) >= 11 is 1.67. The number of carbonyl (C=O) groups is 2. The molecule has 3 rings (SSSR count). The summed E-state index contributed by atoms with van der Waals surface area (Å²) in [5.41, 5.74) is 4.01. The number of hydrogen-bond donors (Lipinski definition) is 1. The number of ether oxygens (including phenoxy) is 1. The van der Waals surface area contributed by atoms with Crippen molar-refractivity contribution >= 4 is 23.5 Å². The number of benzene rings is 1. The van der Waals surface area contributed by atoms with Crippen molar-refractivity contribution in [3.63, 3.8) is 0 Å². The summed E-state index contributed by atoms with van der Waals surface area (Å²) in [6.45, 7) is 5.78. The van der Waals surface area contributed by atoms with Gasteiger partial charge in [0.15, 0.2) is 5.78 Å². The van der Waals surface area contributed by atoms with Crippen molar-refractivity contribution < 1.29 is 14.3 Å². The van der Waals surface area contributed by atoms with Gasteiger partial charge in [0.1, 0.15) is 0 Å². The molecule has 1 aromatic rings. The smallest absolute Gasteiger partial charge is 0.337 e. The molecule has 0 aromatic heterocycles. The number of dihydropyridines is 1. The molecule has 5 heteroatoms. The lowest BCUT2D eigenvalue weighted by molar-refractivity contribution is -0.144. The summed E-state index contributed by atoms with van der Waals surface area (Å²) in [5.74, 6) is -0.566. The zero-order valence-electron chi connectivity index (χ0n) is 16.4. The first-order valence-corrected chi connectivity index (χ1v) is 10.8. The van der Waals surface area contributed by atoms with Crippen molar-refractivity contribution in [1.82, 2.24) is 5.32 Å². The van der Waals surface area contributed by atoms with Gasteiger partial charge < -0.3 is 10.1 Å². The Morgan fingerprint density at radius 2 is 2.00 bits per heavy atom. The van der Waals surface area contributed by atoms with Gasteiger partial charge in [0.25, 0.3) is 0 Å². The molecule has 0 fully saturated rings. The second kappa shape index (κ2) is 8.34. The number of esters is 1. The Hall–Kier alpha value is -2.01. The Kier molecular flexibility index (Phi) is 6.10. The highest BCUT2D eigenvalue weighted by atomic mass is 32.2. The van der Waals surface area contributed by atoms with Crippen molar-refractivity contribution in [2.45, 2.75) is 63.4 Å². The molecule has 0 unspecified atom stereocenters. The molecule has 0 saturated carbocycles. The van der Waals surface area contributed by atoms with Crippen LogP contribution in [0.2, 0.25) is 0 Å². The molecule has 1 N–H and O–H groups in total. The van der Waals surface area contributed by atoms with E-state index in [1.807, 2.05) is 51.3 Å². The minimum absolute atomic E-state index is 0.129. The minimum atomic E-state index is -0.360. The van der Waals surface area contributed by atoms with Crippen LogP contribution in [0.25, 0.3) is 0 Å².